The molecule has 0 N–H and O–H groups in total. The zero-order valence-electron chi connectivity index (χ0n) is 6.93. The molecule has 2 rings (SSSR count). The minimum atomic E-state index is 0.168. The average molecular weight is 181 g/mol. The van der Waals surface area contributed by atoms with Gasteiger partial charge in [-0.1, -0.05) is 37.3 Å². The third-order valence-corrected chi connectivity index (χ3v) is 2.80. The quantitative estimate of drug-likeness (QED) is 0.514. The number of hydrogen-bond acceptors (Lipinski definition) is 3. The second-order valence-corrected chi connectivity index (χ2v) is 3.48. The van der Waals surface area contributed by atoms with Crippen molar-refractivity contribution in [1.82, 2.24) is 4.31 Å². The maximum absolute atomic E-state index is 5.36. The number of hydrogen-bond donors (Lipinski definition) is 0. The molecule has 2 nitrogen and oxygen atoms in total. The molecule has 0 amide bonds. The topological polar surface area (TPSA) is 12.5 Å². The fourth-order valence-corrected chi connectivity index (χ4v) is 1.84. The van der Waals surface area contributed by atoms with Gasteiger partial charge < -0.3 is 0 Å². The second-order valence-electron chi connectivity index (χ2n) is 2.67. The van der Waals surface area contributed by atoms with E-state index in [9.17, 15) is 0 Å². The highest BCUT2D eigenvalue weighted by Crippen LogP contribution is 2.41. The summed E-state index contributed by atoms with van der Waals surface area (Å²) in [7, 11) is 0. The first-order chi connectivity index (χ1) is 5.92. The first kappa shape index (κ1) is 8.10. The molecule has 0 bridgehead atoms. The summed E-state index contributed by atoms with van der Waals surface area (Å²) >= 11 is 1.44. The first-order valence-corrected chi connectivity index (χ1v) is 4.76. The van der Waals surface area contributed by atoms with Gasteiger partial charge in [0.2, 0.25) is 0 Å². The Morgan fingerprint density at radius 3 is 2.67 bits per heavy atom. The van der Waals surface area contributed by atoms with Crippen molar-refractivity contribution in [2.45, 2.75) is 13.2 Å². The lowest BCUT2D eigenvalue weighted by Gasteiger charge is -2.37. The van der Waals surface area contributed by atoms with Crippen molar-refractivity contribution in [3.63, 3.8) is 0 Å². The van der Waals surface area contributed by atoms with Crippen LogP contribution in [0.4, 0.5) is 0 Å². The average Bonchev–Trinajstić information content (AvgIpc) is 2.05. The Labute approximate surface area is 76.9 Å². The van der Waals surface area contributed by atoms with Gasteiger partial charge in [0.1, 0.15) is 0 Å². The lowest BCUT2D eigenvalue weighted by Crippen LogP contribution is -2.31. The van der Waals surface area contributed by atoms with Crippen LogP contribution in [-0.4, -0.2) is 10.8 Å². The molecule has 1 aliphatic rings. The molecule has 1 fully saturated rings. The molecule has 3 heteroatoms. The zero-order chi connectivity index (χ0) is 8.39. The van der Waals surface area contributed by atoms with Crippen molar-refractivity contribution in [3.8, 4) is 0 Å². The van der Waals surface area contributed by atoms with Gasteiger partial charge in [-0.2, -0.15) is 4.31 Å². The maximum Gasteiger partial charge on any atom is 0.163 e. The lowest BCUT2D eigenvalue weighted by molar-refractivity contribution is 0.0506. The van der Waals surface area contributed by atoms with Gasteiger partial charge in [-0.3, -0.25) is 4.18 Å². The highest BCUT2D eigenvalue weighted by atomic mass is 32.2. The Morgan fingerprint density at radius 1 is 1.42 bits per heavy atom. The van der Waals surface area contributed by atoms with Crippen LogP contribution in [0.5, 0.6) is 0 Å². The minimum Gasteiger partial charge on any atom is -0.276 e. The SMILES string of the molecule is CCN1SOC1c1ccccc1. The van der Waals surface area contributed by atoms with Crippen LogP contribution in [0.3, 0.4) is 0 Å². The van der Waals surface area contributed by atoms with E-state index in [1.807, 2.05) is 18.2 Å². The fourth-order valence-electron chi connectivity index (χ4n) is 1.20. The maximum atomic E-state index is 5.36. The van der Waals surface area contributed by atoms with E-state index in [4.69, 9.17) is 4.18 Å². The highest BCUT2D eigenvalue weighted by molar-refractivity contribution is 7.93. The van der Waals surface area contributed by atoms with Crippen molar-refractivity contribution in [2.75, 3.05) is 6.54 Å². The summed E-state index contributed by atoms with van der Waals surface area (Å²) in [6.07, 6.45) is 0.168. The van der Waals surface area contributed by atoms with Crippen molar-refractivity contribution in [3.05, 3.63) is 35.9 Å². The van der Waals surface area contributed by atoms with E-state index < -0.39 is 0 Å². The van der Waals surface area contributed by atoms with E-state index in [0.717, 1.165) is 6.54 Å². The lowest BCUT2D eigenvalue weighted by atomic mass is 10.2. The highest BCUT2D eigenvalue weighted by Gasteiger charge is 2.30. The van der Waals surface area contributed by atoms with Crippen LogP contribution in [0.1, 0.15) is 18.7 Å². The summed E-state index contributed by atoms with van der Waals surface area (Å²) in [5, 5.41) is 0. The number of benzene rings is 1. The molecular formula is C9H11NOS. The van der Waals surface area contributed by atoms with Gasteiger partial charge in [0.25, 0.3) is 0 Å². The molecule has 1 aliphatic heterocycles. The molecule has 0 aliphatic carbocycles. The molecule has 1 heterocycles. The van der Waals surface area contributed by atoms with Gasteiger partial charge in [-0.25, -0.2) is 0 Å². The van der Waals surface area contributed by atoms with E-state index in [1.54, 1.807) is 0 Å². The van der Waals surface area contributed by atoms with Gasteiger partial charge in [-0.15, -0.1) is 0 Å². The van der Waals surface area contributed by atoms with Crippen LogP contribution < -0.4 is 0 Å². The molecule has 64 valence electrons. The third-order valence-electron chi connectivity index (χ3n) is 1.89. The van der Waals surface area contributed by atoms with E-state index in [0.29, 0.717) is 0 Å². The Balaban J connectivity index is 2.11. The fraction of sp³-hybridized carbons (Fsp3) is 0.333. The number of rotatable bonds is 2. The molecule has 0 radical (unpaired) electrons. The molecule has 12 heavy (non-hydrogen) atoms. The largest absolute Gasteiger partial charge is 0.276 e. The predicted octanol–water partition coefficient (Wildman–Crippen LogP) is 2.60. The van der Waals surface area contributed by atoms with Gasteiger partial charge in [-0.05, 0) is 5.56 Å². The predicted molar refractivity (Wildman–Crippen MR) is 50.2 cm³/mol. The normalized spacial score (nSPS) is 23.6. The standard InChI is InChI=1S/C9H11NOS/c1-2-10-9(11-12-10)8-6-4-3-5-7-8/h3-7,9H,2H2,1H3. The van der Waals surface area contributed by atoms with Crippen LogP contribution in [0.25, 0.3) is 0 Å². The molecule has 1 unspecified atom stereocenters. The molecule has 1 saturated heterocycles. The summed E-state index contributed by atoms with van der Waals surface area (Å²) in [5.41, 5.74) is 1.23. The third kappa shape index (κ3) is 1.35. The Bertz CT molecular complexity index is 250. The van der Waals surface area contributed by atoms with Gasteiger partial charge >= 0.3 is 0 Å². The first-order valence-electron chi connectivity index (χ1n) is 4.07. The second kappa shape index (κ2) is 3.47. The summed E-state index contributed by atoms with van der Waals surface area (Å²) in [4.78, 5) is 0. The van der Waals surface area contributed by atoms with Crippen molar-refractivity contribution >= 4 is 12.2 Å². The van der Waals surface area contributed by atoms with Gasteiger partial charge in [0, 0.05) is 6.54 Å². The minimum absolute atomic E-state index is 0.168. The Morgan fingerprint density at radius 2 is 2.17 bits per heavy atom. The van der Waals surface area contributed by atoms with Crippen LogP contribution in [0, 0.1) is 0 Å². The molecule has 1 aromatic carbocycles. The number of nitrogens with zero attached hydrogens (tertiary/aromatic N) is 1. The Kier molecular flexibility index (Phi) is 2.35. The molecule has 1 aromatic rings. The van der Waals surface area contributed by atoms with E-state index >= 15 is 0 Å². The zero-order valence-corrected chi connectivity index (χ0v) is 7.75. The van der Waals surface area contributed by atoms with Crippen LogP contribution in [0.15, 0.2) is 30.3 Å². The van der Waals surface area contributed by atoms with Gasteiger partial charge in [0.15, 0.2) is 6.23 Å². The van der Waals surface area contributed by atoms with E-state index in [-0.39, 0.29) is 6.23 Å². The Hall–Kier alpha value is -0.510. The molecule has 0 aromatic heterocycles. The summed E-state index contributed by atoms with van der Waals surface area (Å²) in [6.45, 7) is 3.15. The molecule has 1 atom stereocenters. The molecule has 0 saturated carbocycles. The van der Waals surface area contributed by atoms with Crippen molar-refractivity contribution < 1.29 is 4.18 Å². The molecular weight excluding hydrogens is 170 g/mol. The van der Waals surface area contributed by atoms with Crippen LogP contribution in [-0.2, 0) is 4.18 Å². The van der Waals surface area contributed by atoms with Crippen molar-refractivity contribution in [2.24, 2.45) is 0 Å². The smallest absolute Gasteiger partial charge is 0.163 e. The summed E-state index contributed by atoms with van der Waals surface area (Å²) < 4.78 is 7.57. The van der Waals surface area contributed by atoms with Crippen LogP contribution >= 0.6 is 12.2 Å². The van der Waals surface area contributed by atoms with E-state index in [1.165, 1.54) is 17.8 Å². The van der Waals surface area contributed by atoms with E-state index in [2.05, 4.69) is 23.4 Å². The summed E-state index contributed by atoms with van der Waals surface area (Å²) in [6, 6.07) is 10.3. The summed E-state index contributed by atoms with van der Waals surface area (Å²) in [5.74, 6) is 0. The monoisotopic (exact) mass is 181 g/mol. The van der Waals surface area contributed by atoms with Gasteiger partial charge in [0.05, 0.1) is 12.2 Å². The van der Waals surface area contributed by atoms with Crippen LogP contribution in [0.2, 0.25) is 0 Å². The van der Waals surface area contributed by atoms with Crippen molar-refractivity contribution in [1.29, 1.82) is 0 Å². The molecule has 0 spiro atoms.